The number of carbonyl (C=O) groups is 1. The molecule has 1 aromatic heterocycles. The lowest BCUT2D eigenvalue weighted by molar-refractivity contribution is 0.0722. The number of rotatable bonds is 6. The van der Waals surface area contributed by atoms with Crippen LogP contribution in [0.4, 0.5) is 0 Å². The maximum Gasteiger partial charge on any atom is 0.257 e. The van der Waals surface area contributed by atoms with E-state index in [1.54, 1.807) is 6.20 Å². The Morgan fingerprint density at radius 2 is 1.87 bits per heavy atom. The molecule has 30 heavy (non-hydrogen) atoms. The average Bonchev–Trinajstić information content (AvgIpc) is 2.80. The van der Waals surface area contributed by atoms with Crippen molar-refractivity contribution in [3.05, 3.63) is 59.2 Å². The summed E-state index contributed by atoms with van der Waals surface area (Å²) in [4.78, 5) is 26.8. The first kappa shape index (κ1) is 21.0. The van der Waals surface area contributed by atoms with Gasteiger partial charge >= 0.3 is 0 Å². The first-order valence-electron chi connectivity index (χ1n) is 11.6. The van der Waals surface area contributed by atoms with Crippen LogP contribution in [0.1, 0.15) is 71.9 Å². The van der Waals surface area contributed by atoms with Crippen molar-refractivity contribution in [1.29, 1.82) is 0 Å². The summed E-state index contributed by atoms with van der Waals surface area (Å²) < 4.78 is 0. The molecule has 3 heterocycles. The highest BCUT2D eigenvalue weighted by Gasteiger charge is 2.25. The summed E-state index contributed by atoms with van der Waals surface area (Å²) in [5.41, 5.74) is 2.92. The van der Waals surface area contributed by atoms with Gasteiger partial charge in [0.15, 0.2) is 0 Å². The van der Waals surface area contributed by atoms with Crippen molar-refractivity contribution in [2.75, 3.05) is 32.7 Å². The van der Waals surface area contributed by atoms with Gasteiger partial charge in [0.25, 0.3) is 5.91 Å². The number of hydrogen-bond acceptors (Lipinski definition) is 4. The third-order valence-corrected chi connectivity index (χ3v) is 6.52. The largest absolute Gasteiger partial charge is 0.339 e. The lowest BCUT2D eigenvalue weighted by Gasteiger charge is -2.32. The molecule has 2 aromatic rings. The van der Waals surface area contributed by atoms with Crippen LogP contribution in [0.25, 0.3) is 0 Å². The molecule has 160 valence electrons. The van der Waals surface area contributed by atoms with E-state index < -0.39 is 0 Å². The van der Waals surface area contributed by atoms with Gasteiger partial charge in [-0.2, -0.15) is 0 Å². The number of piperidine rings is 2. The van der Waals surface area contributed by atoms with Crippen molar-refractivity contribution in [2.24, 2.45) is 0 Å². The predicted molar refractivity (Wildman–Crippen MR) is 120 cm³/mol. The summed E-state index contributed by atoms with van der Waals surface area (Å²) in [6, 6.07) is 10.7. The van der Waals surface area contributed by atoms with E-state index >= 15 is 0 Å². The highest BCUT2D eigenvalue weighted by molar-refractivity contribution is 5.95. The summed E-state index contributed by atoms with van der Waals surface area (Å²) in [5.74, 6) is 1.38. The van der Waals surface area contributed by atoms with E-state index in [9.17, 15) is 4.79 Å². The summed E-state index contributed by atoms with van der Waals surface area (Å²) in [6.07, 6.45) is 9.84. The second-order valence-corrected chi connectivity index (χ2v) is 8.81. The van der Waals surface area contributed by atoms with Gasteiger partial charge in [0.2, 0.25) is 0 Å². The predicted octanol–water partition coefficient (Wildman–Crippen LogP) is 4.22. The van der Waals surface area contributed by atoms with Crippen LogP contribution in [0.2, 0.25) is 0 Å². The zero-order valence-electron chi connectivity index (χ0n) is 18.2. The zero-order chi connectivity index (χ0) is 20.8. The minimum atomic E-state index is 0.102. The quantitative estimate of drug-likeness (QED) is 0.721. The Bertz CT molecular complexity index is 832. The summed E-state index contributed by atoms with van der Waals surface area (Å²) >= 11 is 0. The van der Waals surface area contributed by atoms with Crippen molar-refractivity contribution in [3.63, 3.8) is 0 Å². The highest BCUT2D eigenvalue weighted by Crippen LogP contribution is 2.25. The van der Waals surface area contributed by atoms with Gasteiger partial charge in [-0.1, -0.05) is 30.3 Å². The van der Waals surface area contributed by atoms with E-state index in [4.69, 9.17) is 4.98 Å². The molecular formula is C25H34N4O. The number of amides is 1. The van der Waals surface area contributed by atoms with Gasteiger partial charge in [-0.15, -0.1) is 0 Å². The summed E-state index contributed by atoms with van der Waals surface area (Å²) in [7, 11) is 0. The smallest absolute Gasteiger partial charge is 0.257 e. The van der Waals surface area contributed by atoms with Gasteiger partial charge < -0.3 is 9.80 Å². The number of benzene rings is 1. The van der Waals surface area contributed by atoms with E-state index in [2.05, 4.69) is 40.2 Å². The molecule has 0 aliphatic carbocycles. The van der Waals surface area contributed by atoms with Crippen LogP contribution in [-0.2, 0) is 6.42 Å². The van der Waals surface area contributed by atoms with E-state index in [0.717, 1.165) is 69.9 Å². The molecule has 5 nitrogen and oxygen atoms in total. The summed E-state index contributed by atoms with van der Waals surface area (Å²) in [5, 5.41) is 0. The van der Waals surface area contributed by atoms with Crippen molar-refractivity contribution in [1.82, 2.24) is 19.8 Å². The van der Waals surface area contributed by atoms with Crippen LogP contribution in [0, 0.1) is 6.92 Å². The molecule has 2 aliphatic rings. The maximum absolute atomic E-state index is 12.8. The number of hydrogen-bond donors (Lipinski definition) is 0. The van der Waals surface area contributed by atoms with Crippen LogP contribution in [0.3, 0.4) is 0 Å². The minimum Gasteiger partial charge on any atom is -0.339 e. The Morgan fingerprint density at radius 3 is 2.63 bits per heavy atom. The van der Waals surface area contributed by atoms with Gasteiger partial charge in [0.1, 0.15) is 5.82 Å². The molecule has 2 saturated heterocycles. The molecule has 1 amide bonds. The van der Waals surface area contributed by atoms with Gasteiger partial charge in [0, 0.05) is 31.7 Å². The van der Waals surface area contributed by atoms with Crippen LogP contribution in [0.15, 0.2) is 36.5 Å². The standard InChI is InChI=1S/C25H34N4O/c1-20-23(25(30)29-16-6-3-7-17-29)18-26-24(27-20)22-13-9-15-28(19-22)14-8-12-21-10-4-2-5-11-21/h2,4-5,10-11,18,22H,3,6-9,12-17,19H2,1H3. The number of aryl methyl sites for hydroxylation is 2. The molecule has 0 N–H and O–H groups in total. The molecule has 4 rings (SSSR count). The number of carbonyl (C=O) groups excluding carboxylic acids is 1. The van der Waals surface area contributed by atoms with Gasteiger partial charge in [-0.25, -0.2) is 9.97 Å². The molecule has 0 radical (unpaired) electrons. The Balaban J connectivity index is 1.33. The third-order valence-electron chi connectivity index (χ3n) is 6.52. The molecule has 2 fully saturated rings. The van der Waals surface area contributed by atoms with Crippen molar-refractivity contribution >= 4 is 5.91 Å². The molecule has 1 unspecified atom stereocenters. The minimum absolute atomic E-state index is 0.102. The molecular weight excluding hydrogens is 372 g/mol. The Hall–Kier alpha value is -2.27. The number of nitrogens with zero attached hydrogens (tertiary/aromatic N) is 4. The van der Waals surface area contributed by atoms with Crippen LogP contribution < -0.4 is 0 Å². The SMILES string of the molecule is Cc1nc(C2CCCN(CCCc3ccccc3)C2)ncc1C(=O)N1CCCCC1. The monoisotopic (exact) mass is 406 g/mol. The lowest BCUT2D eigenvalue weighted by atomic mass is 9.96. The maximum atomic E-state index is 12.8. The fourth-order valence-corrected chi connectivity index (χ4v) is 4.78. The fourth-order valence-electron chi connectivity index (χ4n) is 4.78. The van der Waals surface area contributed by atoms with Gasteiger partial charge in [-0.05, 0) is 70.5 Å². The van der Waals surface area contributed by atoms with Crippen LogP contribution >= 0.6 is 0 Å². The number of likely N-dealkylation sites (tertiary alicyclic amines) is 2. The molecule has 1 aromatic carbocycles. The fraction of sp³-hybridized carbons (Fsp3) is 0.560. The first-order chi connectivity index (χ1) is 14.7. The molecule has 1 atom stereocenters. The molecule has 0 saturated carbocycles. The zero-order valence-corrected chi connectivity index (χ0v) is 18.2. The van der Waals surface area contributed by atoms with Crippen molar-refractivity contribution in [2.45, 2.75) is 57.8 Å². The van der Waals surface area contributed by atoms with Crippen molar-refractivity contribution in [3.8, 4) is 0 Å². The van der Waals surface area contributed by atoms with Crippen LogP contribution in [0.5, 0.6) is 0 Å². The third kappa shape index (κ3) is 5.25. The van der Waals surface area contributed by atoms with E-state index in [1.807, 2.05) is 11.8 Å². The molecule has 0 spiro atoms. The average molecular weight is 407 g/mol. The normalized spacial score (nSPS) is 20.3. The Morgan fingerprint density at radius 1 is 1.07 bits per heavy atom. The second kappa shape index (κ2) is 10.2. The topological polar surface area (TPSA) is 49.3 Å². The number of aromatic nitrogens is 2. The summed E-state index contributed by atoms with van der Waals surface area (Å²) in [6.45, 7) is 6.99. The lowest BCUT2D eigenvalue weighted by Crippen LogP contribution is -2.37. The highest BCUT2D eigenvalue weighted by atomic mass is 16.2. The van der Waals surface area contributed by atoms with E-state index in [1.165, 1.54) is 24.8 Å². The Labute approximate surface area is 180 Å². The van der Waals surface area contributed by atoms with Crippen LogP contribution in [-0.4, -0.2) is 58.4 Å². The van der Waals surface area contributed by atoms with E-state index in [-0.39, 0.29) is 5.91 Å². The molecule has 5 heteroatoms. The van der Waals surface area contributed by atoms with Gasteiger partial charge in [-0.3, -0.25) is 4.79 Å². The molecule has 2 aliphatic heterocycles. The van der Waals surface area contributed by atoms with Crippen molar-refractivity contribution < 1.29 is 4.79 Å². The Kier molecular flexibility index (Phi) is 7.11. The van der Waals surface area contributed by atoms with Gasteiger partial charge in [0.05, 0.1) is 11.3 Å². The second-order valence-electron chi connectivity index (χ2n) is 8.81. The first-order valence-corrected chi connectivity index (χ1v) is 11.6. The van der Waals surface area contributed by atoms with E-state index in [0.29, 0.717) is 11.5 Å². The molecule has 0 bridgehead atoms.